The summed E-state index contributed by atoms with van der Waals surface area (Å²) in [5.41, 5.74) is 1.40. The average Bonchev–Trinajstić information content (AvgIpc) is 3.19. The molecule has 190 valence electrons. The van der Waals surface area contributed by atoms with Crippen LogP contribution in [-0.4, -0.2) is 43.2 Å². The first-order chi connectivity index (χ1) is 18.0. The van der Waals surface area contributed by atoms with Crippen LogP contribution in [0, 0.1) is 0 Å². The van der Waals surface area contributed by atoms with Crippen molar-refractivity contribution < 1.29 is 33.6 Å². The molecule has 1 atom stereocenters. The van der Waals surface area contributed by atoms with Gasteiger partial charge in [-0.15, -0.1) is 0 Å². The molecule has 8 heteroatoms. The van der Waals surface area contributed by atoms with Gasteiger partial charge in [0, 0.05) is 17.3 Å². The van der Waals surface area contributed by atoms with E-state index in [1.54, 1.807) is 66.7 Å². The van der Waals surface area contributed by atoms with Gasteiger partial charge in [-0.3, -0.25) is 14.5 Å². The fourth-order valence-electron chi connectivity index (χ4n) is 4.59. The number of benzene rings is 3. The topological polar surface area (TPSA) is 94.5 Å². The number of carbonyl (C=O) groups is 2. The zero-order chi connectivity index (χ0) is 25.9. The molecule has 2 aliphatic rings. The Hall–Kier alpha value is -4.46. The Morgan fingerprint density at radius 1 is 0.892 bits per heavy atom. The summed E-state index contributed by atoms with van der Waals surface area (Å²) in [7, 11) is 0. The molecule has 1 saturated heterocycles. The van der Waals surface area contributed by atoms with E-state index in [1.807, 2.05) is 13.8 Å². The van der Waals surface area contributed by atoms with E-state index in [9.17, 15) is 14.7 Å². The highest BCUT2D eigenvalue weighted by Crippen LogP contribution is 2.44. The van der Waals surface area contributed by atoms with E-state index in [4.69, 9.17) is 18.9 Å². The van der Waals surface area contributed by atoms with Crippen molar-refractivity contribution in [2.45, 2.75) is 19.9 Å². The summed E-state index contributed by atoms with van der Waals surface area (Å²) in [5.74, 6) is 0.329. The molecule has 3 aromatic rings. The maximum atomic E-state index is 13.5. The molecule has 1 amide bonds. The Morgan fingerprint density at radius 3 is 2.30 bits per heavy atom. The molecule has 0 aliphatic carbocycles. The summed E-state index contributed by atoms with van der Waals surface area (Å²) in [5, 5.41) is 11.4. The Bertz CT molecular complexity index is 1380. The summed E-state index contributed by atoms with van der Waals surface area (Å²) in [6.45, 7) is 5.46. The zero-order valence-corrected chi connectivity index (χ0v) is 20.6. The number of hydrogen-bond donors (Lipinski definition) is 1. The number of rotatable bonds is 7. The third-order valence-electron chi connectivity index (χ3n) is 6.15. The molecule has 1 fully saturated rings. The largest absolute Gasteiger partial charge is 0.507 e. The van der Waals surface area contributed by atoms with E-state index in [1.165, 1.54) is 4.90 Å². The van der Waals surface area contributed by atoms with Crippen molar-refractivity contribution in [3.8, 4) is 23.0 Å². The summed E-state index contributed by atoms with van der Waals surface area (Å²) in [4.78, 5) is 28.3. The molecule has 2 heterocycles. The van der Waals surface area contributed by atoms with E-state index in [-0.39, 0.29) is 11.3 Å². The van der Waals surface area contributed by atoms with Crippen LogP contribution in [0.1, 0.15) is 31.0 Å². The van der Waals surface area contributed by atoms with Crippen molar-refractivity contribution in [2.75, 3.05) is 31.3 Å². The normalized spacial score (nSPS) is 18.1. The van der Waals surface area contributed by atoms with Crippen molar-refractivity contribution in [2.24, 2.45) is 0 Å². The van der Waals surface area contributed by atoms with Gasteiger partial charge in [-0.1, -0.05) is 18.2 Å². The SMILES string of the molecule is CCOc1cccc(C2/C(=C(/O)c3ccc4c(c3)OCCO4)C(=O)C(=O)N2c2cccc(OCC)c2)c1. The fraction of sp³-hybridized carbons (Fsp3) is 0.241. The van der Waals surface area contributed by atoms with Crippen LogP contribution in [0.2, 0.25) is 0 Å². The molecule has 8 nitrogen and oxygen atoms in total. The third kappa shape index (κ3) is 4.58. The zero-order valence-electron chi connectivity index (χ0n) is 20.6. The van der Waals surface area contributed by atoms with Crippen molar-refractivity contribution in [1.82, 2.24) is 0 Å². The van der Waals surface area contributed by atoms with Crippen molar-refractivity contribution in [1.29, 1.82) is 0 Å². The number of aliphatic hydroxyl groups excluding tert-OH is 1. The minimum atomic E-state index is -0.898. The van der Waals surface area contributed by atoms with Crippen molar-refractivity contribution in [3.63, 3.8) is 0 Å². The summed E-state index contributed by atoms with van der Waals surface area (Å²) in [6, 6.07) is 18.2. The predicted molar refractivity (Wildman–Crippen MR) is 137 cm³/mol. The van der Waals surface area contributed by atoms with Crippen molar-refractivity contribution in [3.05, 3.63) is 83.4 Å². The van der Waals surface area contributed by atoms with Crippen LogP contribution in [0.15, 0.2) is 72.3 Å². The lowest BCUT2D eigenvalue weighted by atomic mass is 9.94. The molecule has 5 rings (SSSR count). The molecule has 37 heavy (non-hydrogen) atoms. The quantitative estimate of drug-likeness (QED) is 0.280. The smallest absolute Gasteiger partial charge is 0.300 e. The molecule has 0 aromatic heterocycles. The first-order valence-corrected chi connectivity index (χ1v) is 12.2. The number of hydrogen-bond acceptors (Lipinski definition) is 7. The molecule has 0 bridgehead atoms. The highest BCUT2D eigenvalue weighted by Gasteiger charge is 2.47. The van der Waals surface area contributed by atoms with Crippen LogP contribution in [0.3, 0.4) is 0 Å². The summed E-state index contributed by atoms with van der Waals surface area (Å²) in [6.07, 6.45) is 0. The minimum absolute atomic E-state index is 0.0304. The van der Waals surface area contributed by atoms with Gasteiger partial charge in [0.05, 0.1) is 24.8 Å². The van der Waals surface area contributed by atoms with E-state index in [2.05, 4.69) is 0 Å². The van der Waals surface area contributed by atoms with E-state index in [0.717, 1.165) is 0 Å². The lowest BCUT2D eigenvalue weighted by Crippen LogP contribution is -2.29. The molecule has 1 unspecified atom stereocenters. The first-order valence-electron chi connectivity index (χ1n) is 12.2. The molecule has 2 aliphatic heterocycles. The molecule has 3 aromatic carbocycles. The molecule has 1 N–H and O–H groups in total. The van der Waals surface area contributed by atoms with Gasteiger partial charge in [0.15, 0.2) is 11.5 Å². The number of amides is 1. The van der Waals surface area contributed by atoms with Gasteiger partial charge in [-0.2, -0.15) is 0 Å². The number of nitrogens with zero attached hydrogens (tertiary/aromatic N) is 1. The number of Topliss-reactive ketones (excluding diaryl/α,β-unsaturated/α-hetero) is 1. The van der Waals surface area contributed by atoms with Gasteiger partial charge >= 0.3 is 0 Å². The first kappa shape index (κ1) is 24.2. The summed E-state index contributed by atoms with van der Waals surface area (Å²) < 4.78 is 22.5. The van der Waals surface area contributed by atoms with Gasteiger partial charge in [-0.05, 0) is 61.9 Å². The van der Waals surface area contributed by atoms with Crippen LogP contribution in [0.5, 0.6) is 23.0 Å². The highest BCUT2D eigenvalue weighted by molar-refractivity contribution is 6.51. The van der Waals surface area contributed by atoms with E-state index < -0.39 is 17.7 Å². The van der Waals surface area contributed by atoms with Crippen LogP contribution >= 0.6 is 0 Å². The Balaban J connectivity index is 1.68. The predicted octanol–water partition coefficient (Wildman–Crippen LogP) is 4.88. The van der Waals surface area contributed by atoms with Crippen LogP contribution < -0.4 is 23.8 Å². The number of carbonyl (C=O) groups excluding carboxylic acids is 2. The van der Waals surface area contributed by atoms with Gasteiger partial charge in [-0.25, -0.2) is 0 Å². The maximum absolute atomic E-state index is 13.5. The number of ether oxygens (including phenoxy) is 4. The second kappa shape index (κ2) is 10.3. The van der Waals surface area contributed by atoms with Crippen LogP contribution in [-0.2, 0) is 9.59 Å². The average molecular weight is 502 g/mol. The molecule has 0 saturated carbocycles. The van der Waals surface area contributed by atoms with Gasteiger partial charge < -0.3 is 24.1 Å². The monoisotopic (exact) mass is 501 g/mol. The van der Waals surface area contributed by atoms with E-state index in [0.29, 0.717) is 66.2 Å². The standard InChI is InChI=1S/C29H27NO7/c1-3-34-21-9-5-7-18(15-21)26-25(27(31)19-11-12-23-24(16-19)37-14-13-36-23)28(32)29(33)30(26)20-8-6-10-22(17-20)35-4-2/h5-12,15-17,26,31H,3-4,13-14H2,1-2H3/b27-25-. The number of aliphatic hydroxyl groups is 1. The Labute approximate surface area is 214 Å². The molecule has 0 radical (unpaired) electrons. The Morgan fingerprint density at radius 2 is 1.57 bits per heavy atom. The van der Waals surface area contributed by atoms with Gasteiger partial charge in [0.1, 0.15) is 30.5 Å². The molecular formula is C29H27NO7. The molecular weight excluding hydrogens is 474 g/mol. The number of anilines is 1. The third-order valence-corrected chi connectivity index (χ3v) is 6.15. The van der Waals surface area contributed by atoms with E-state index >= 15 is 0 Å². The van der Waals surface area contributed by atoms with Crippen LogP contribution in [0.4, 0.5) is 5.69 Å². The number of ketones is 1. The molecule has 0 spiro atoms. The second-order valence-electron chi connectivity index (χ2n) is 8.46. The second-order valence-corrected chi connectivity index (χ2v) is 8.46. The highest BCUT2D eigenvalue weighted by atomic mass is 16.6. The lowest BCUT2D eigenvalue weighted by molar-refractivity contribution is -0.132. The summed E-state index contributed by atoms with van der Waals surface area (Å²) >= 11 is 0. The minimum Gasteiger partial charge on any atom is -0.507 e. The van der Waals surface area contributed by atoms with Crippen molar-refractivity contribution >= 4 is 23.1 Å². The fourth-order valence-corrected chi connectivity index (χ4v) is 4.59. The van der Waals surface area contributed by atoms with Gasteiger partial charge in [0.2, 0.25) is 0 Å². The maximum Gasteiger partial charge on any atom is 0.300 e. The Kier molecular flexibility index (Phi) is 6.72. The lowest BCUT2D eigenvalue weighted by Gasteiger charge is -2.26. The number of fused-ring (bicyclic) bond motifs is 1. The van der Waals surface area contributed by atoms with Crippen LogP contribution in [0.25, 0.3) is 5.76 Å². The van der Waals surface area contributed by atoms with Gasteiger partial charge in [0.25, 0.3) is 11.7 Å².